The molecule has 0 atom stereocenters. The Labute approximate surface area is 114 Å². The summed E-state index contributed by atoms with van der Waals surface area (Å²) >= 11 is 5.50. The highest BCUT2D eigenvalue weighted by Gasteiger charge is 2.59. The van der Waals surface area contributed by atoms with Gasteiger partial charge in [-0.2, -0.15) is 31.3 Å². The first kappa shape index (κ1) is 16.8. The summed E-state index contributed by atoms with van der Waals surface area (Å²) in [6.45, 7) is 1.74. The fourth-order valence-electron chi connectivity index (χ4n) is 1.28. The first-order valence-corrected chi connectivity index (χ1v) is 5.75. The maximum absolute atomic E-state index is 12.3. The fraction of sp³-hybridized carbons (Fsp3) is 0.600. The third-order valence-electron chi connectivity index (χ3n) is 2.02. The van der Waals surface area contributed by atoms with Crippen LogP contribution in [0.5, 0.6) is 5.88 Å². The van der Waals surface area contributed by atoms with Gasteiger partial charge in [0, 0.05) is 12.5 Å². The van der Waals surface area contributed by atoms with Gasteiger partial charge in [0.05, 0.1) is 0 Å². The van der Waals surface area contributed by atoms with Crippen LogP contribution in [-0.4, -0.2) is 28.4 Å². The molecular formula is C10H9ClF6N2O. The van der Waals surface area contributed by atoms with E-state index in [1.165, 1.54) is 0 Å². The molecule has 0 saturated heterocycles. The summed E-state index contributed by atoms with van der Waals surface area (Å²) in [7, 11) is 0. The lowest BCUT2D eigenvalue weighted by Gasteiger charge is -2.23. The molecule has 0 fully saturated rings. The van der Waals surface area contributed by atoms with Gasteiger partial charge in [-0.05, 0) is 6.42 Å². The van der Waals surface area contributed by atoms with Gasteiger partial charge in [0.2, 0.25) is 5.88 Å². The predicted octanol–water partition coefficient (Wildman–Crippen LogP) is 3.95. The average molecular weight is 323 g/mol. The van der Waals surface area contributed by atoms with Gasteiger partial charge in [-0.3, -0.25) is 0 Å². The molecule has 0 amide bonds. The standard InChI is InChI=1S/C10H9ClF6N2O/c1-2-3-6-18-5(11)4-7(19-6)20-8(9(12,13)14)10(15,16)17/h4,8H,2-3H2,1H3. The Morgan fingerprint density at radius 3 is 2.15 bits per heavy atom. The minimum atomic E-state index is -5.61. The van der Waals surface area contributed by atoms with Crippen LogP contribution in [0.4, 0.5) is 26.3 Å². The molecule has 0 spiro atoms. The molecule has 10 heteroatoms. The molecule has 1 aromatic heterocycles. The maximum Gasteiger partial charge on any atom is 0.434 e. The molecule has 1 rings (SSSR count). The Kier molecular flexibility index (Phi) is 5.06. The number of nitrogens with zero attached hydrogens (tertiary/aromatic N) is 2. The second-order valence-corrected chi connectivity index (χ2v) is 4.16. The molecule has 0 aliphatic rings. The molecule has 114 valence electrons. The zero-order chi connectivity index (χ0) is 15.6. The second-order valence-electron chi connectivity index (χ2n) is 3.78. The van der Waals surface area contributed by atoms with Gasteiger partial charge in [-0.15, -0.1) is 0 Å². The number of alkyl halides is 6. The Morgan fingerprint density at radius 1 is 1.15 bits per heavy atom. The minimum Gasteiger partial charge on any atom is -0.455 e. The molecule has 0 aliphatic carbocycles. The maximum atomic E-state index is 12.3. The quantitative estimate of drug-likeness (QED) is 0.622. The third kappa shape index (κ3) is 4.69. The van der Waals surface area contributed by atoms with E-state index in [0.29, 0.717) is 12.5 Å². The van der Waals surface area contributed by atoms with E-state index in [2.05, 4.69) is 14.7 Å². The van der Waals surface area contributed by atoms with E-state index < -0.39 is 24.3 Å². The van der Waals surface area contributed by atoms with Gasteiger partial charge < -0.3 is 4.74 Å². The number of hydrogen-bond acceptors (Lipinski definition) is 3. The van der Waals surface area contributed by atoms with Crippen molar-refractivity contribution in [2.45, 2.75) is 38.2 Å². The van der Waals surface area contributed by atoms with Crippen molar-refractivity contribution in [1.82, 2.24) is 9.97 Å². The van der Waals surface area contributed by atoms with Crippen molar-refractivity contribution in [3.63, 3.8) is 0 Å². The number of halogens is 7. The Bertz CT molecular complexity index is 448. The van der Waals surface area contributed by atoms with E-state index in [1.54, 1.807) is 6.92 Å². The van der Waals surface area contributed by atoms with Crippen molar-refractivity contribution < 1.29 is 31.1 Å². The van der Waals surface area contributed by atoms with Crippen molar-refractivity contribution in [1.29, 1.82) is 0 Å². The summed E-state index contributed by atoms with van der Waals surface area (Å²) in [5.41, 5.74) is 0. The molecule has 1 heterocycles. The lowest BCUT2D eigenvalue weighted by molar-refractivity contribution is -0.300. The number of hydrogen-bond donors (Lipinski definition) is 0. The van der Waals surface area contributed by atoms with Gasteiger partial charge in [0.15, 0.2) is 0 Å². The zero-order valence-corrected chi connectivity index (χ0v) is 10.8. The molecule has 0 aliphatic heterocycles. The van der Waals surface area contributed by atoms with Crippen LogP contribution in [0.3, 0.4) is 0 Å². The van der Waals surface area contributed by atoms with Crippen molar-refractivity contribution in [3.05, 3.63) is 17.0 Å². The molecule has 1 aromatic rings. The Balaban J connectivity index is 3.05. The Morgan fingerprint density at radius 2 is 1.70 bits per heavy atom. The van der Waals surface area contributed by atoms with Gasteiger partial charge in [-0.25, -0.2) is 4.98 Å². The molecule has 0 unspecified atom stereocenters. The number of aromatic nitrogens is 2. The molecule has 3 nitrogen and oxygen atoms in total. The lowest BCUT2D eigenvalue weighted by atomic mass is 10.3. The molecule has 0 radical (unpaired) electrons. The number of aryl methyl sites for hydroxylation is 1. The average Bonchev–Trinajstić information content (AvgIpc) is 2.22. The van der Waals surface area contributed by atoms with E-state index in [9.17, 15) is 26.3 Å². The van der Waals surface area contributed by atoms with Crippen LogP contribution in [0, 0.1) is 0 Å². The van der Waals surface area contributed by atoms with Crippen LogP contribution in [0.1, 0.15) is 19.2 Å². The highest BCUT2D eigenvalue weighted by atomic mass is 35.5. The first-order chi connectivity index (χ1) is 9.04. The fourth-order valence-corrected chi connectivity index (χ4v) is 1.47. The van der Waals surface area contributed by atoms with E-state index in [4.69, 9.17) is 11.6 Å². The van der Waals surface area contributed by atoms with E-state index >= 15 is 0 Å². The lowest BCUT2D eigenvalue weighted by Crippen LogP contribution is -2.46. The van der Waals surface area contributed by atoms with Crippen LogP contribution >= 0.6 is 11.6 Å². The van der Waals surface area contributed by atoms with E-state index in [1.807, 2.05) is 0 Å². The smallest absolute Gasteiger partial charge is 0.434 e. The predicted molar refractivity (Wildman–Crippen MR) is 57.6 cm³/mol. The van der Waals surface area contributed by atoms with Gasteiger partial charge >= 0.3 is 12.4 Å². The van der Waals surface area contributed by atoms with Crippen LogP contribution in [-0.2, 0) is 6.42 Å². The summed E-state index contributed by atoms with van der Waals surface area (Å²) in [6, 6.07) is 0.700. The van der Waals surface area contributed by atoms with Crippen molar-refractivity contribution in [2.24, 2.45) is 0 Å². The molecular weight excluding hydrogens is 314 g/mol. The van der Waals surface area contributed by atoms with Crippen molar-refractivity contribution >= 4 is 11.6 Å². The SMILES string of the molecule is CCCc1nc(Cl)cc(OC(C(F)(F)F)C(F)(F)F)n1. The normalized spacial score (nSPS) is 12.8. The minimum absolute atomic E-state index is 0.0121. The monoisotopic (exact) mass is 322 g/mol. The van der Waals surface area contributed by atoms with Gasteiger partial charge in [0.1, 0.15) is 11.0 Å². The van der Waals surface area contributed by atoms with Crippen LogP contribution < -0.4 is 4.74 Å². The third-order valence-corrected chi connectivity index (χ3v) is 2.22. The summed E-state index contributed by atoms with van der Waals surface area (Å²) in [4.78, 5) is 7.14. The zero-order valence-electron chi connectivity index (χ0n) is 10.0. The summed E-state index contributed by atoms with van der Waals surface area (Å²) in [5.74, 6) is -0.855. The van der Waals surface area contributed by atoms with Crippen LogP contribution in [0.15, 0.2) is 6.07 Å². The molecule has 0 aromatic carbocycles. The molecule has 20 heavy (non-hydrogen) atoms. The van der Waals surface area contributed by atoms with Gasteiger partial charge in [-0.1, -0.05) is 18.5 Å². The summed E-state index contributed by atoms with van der Waals surface area (Å²) in [5, 5.41) is -0.290. The molecule has 0 N–H and O–H groups in total. The topological polar surface area (TPSA) is 35.0 Å². The molecule has 0 bridgehead atoms. The molecule has 0 saturated carbocycles. The Hall–Kier alpha value is -1.25. The van der Waals surface area contributed by atoms with Crippen LogP contribution in [0.25, 0.3) is 0 Å². The van der Waals surface area contributed by atoms with E-state index in [-0.39, 0.29) is 17.4 Å². The second kappa shape index (κ2) is 6.02. The number of ether oxygens (including phenoxy) is 1. The summed E-state index contributed by atoms with van der Waals surface area (Å²) in [6.07, 6.45) is -14.4. The van der Waals surface area contributed by atoms with Gasteiger partial charge in [0.25, 0.3) is 6.10 Å². The largest absolute Gasteiger partial charge is 0.455 e. The highest BCUT2D eigenvalue weighted by molar-refractivity contribution is 6.29. The first-order valence-electron chi connectivity index (χ1n) is 5.37. The van der Waals surface area contributed by atoms with Crippen molar-refractivity contribution in [3.8, 4) is 5.88 Å². The van der Waals surface area contributed by atoms with E-state index in [0.717, 1.165) is 0 Å². The number of rotatable bonds is 4. The summed E-state index contributed by atoms with van der Waals surface area (Å²) < 4.78 is 77.9. The highest BCUT2D eigenvalue weighted by Crippen LogP contribution is 2.36. The van der Waals surface area contributed by atoms with Crippen LogP contribution in [0.2, 0.25) is 5.15 Å². The van der Waals surface area contributed by atoms with Crippen molar-refractivity contribution in [2.75, 3.05) is 0 Å².